The first-order chi connectivity index (χ1) is 6.52. The lowest BCUT2D eigenvalue weighted by Crippen LogP contribution is -2.33. The van der Waals surface area contributed by atoms with E-state index < -0.39 is 19.0 Å². The highest BCUT2D eigenvalue weighted by molar-refractivity contribution is 5.20. The molecule has 0 bridgehead atoms. The van der Waals surface area contributed by atoms with Crippen LogP contribution in [0.2, 0.25) is 0 Å². The van der Waals surface area contributed by atoms with E-state index in [1.807, 2.05) is 0 Å². The van der Waals surface area contributed by atoms with E-state index >= 15 is 0 Å². The summed E-state index contributed by atoms with van der Waals surface area (Å²) >= 11 is 0. The van der Waals surface area contributed by atoms with Gasteiger partial charge in [-0.2, -0.15) is 8.78 Å². The van der Waals surface area contributed by atoms with Crippen LogP contribution in [-0.2, 0) is 0 Å². The van der Waals surface area contributed by atoms with Gasteiger partial charge in [-0.05, 0) is 18.2 Å². The maximum absolute atomic E-state index is 12.3. The molecule has 77 valence electrons. The quantitative estimate of drug-likeness (QED) is 0.690. The molecule has 0 aliphatic heterocycles. The number of hydrogen-bond donors (Lipinski definition) is 0. The standard InChI is InChI=1S/C9H7F4O/c10-8(11)9(12,13)6-14-7-4-2-1-3-5-7/h2-5,8H,6H2. The Hall–Kier alpha value is -1.26. The van der Waals surface area contributed by atoms with Gasteiger partial charge in [0.2, 0.25) is 0 Å². The van der Waals surface area contributed by atoms with Gasteiger partial charge in [0.1, 0.15) is 5.75 Å². The molecule has 0 heterocycles. The fourth-order valence-corrected chi connectivity index (χ4v) is 0.710. The second-order valence-corrected chi connectivity index (χ2v) is 2.59. The second kappa shape index (κ2) is 4.30. The van der Waals surface area contributed by atoms with Crippen molar-refractivity contribution in [1.82, 2.24) is 0 Å². The van der Waals surface area contributed by atoms with Crippen molar-refractivity contribution >= 4 is 0 Å². The summed E-state index contributed by atoms with van der Waals surface area (Å²) in [6, 6.07) is 8.24. The Bertz CT molecular complexity index is 273. The highest BCUT2D eigenvalue weighted by atomic mass is 19.3. The largest absolute Gasteiger partial charge is 0.487 e. The average molecular weight is 207 g/mol. The van der Waals surface area contributed by atoms with Gasteiger partial charge in [0.25, 0.3) is 0 Å². The van der Waals surface area contributed by atoms with Gasteiger partial charge in [-0.1, -0.05) is 12.1 Å². The zero-order chi connectivity index (χ0) is 10.6. The van der Waals surface area contributed by atoms with Crippen LogP contribution >= 0.6 is 0 Å². The molecule has 1 nitrogen and oxygen atoms in total. The van der Waals surface area contributed by atoms with Crippen molar-refractivity contribution in [3.63, 3.8) is 0 Å². The Morgan fingerprint density at radius 1 is 1.29 bits per heavy atom. The average Bonchev–Trinajstić information content (AvgIpc) is 2.16. The van der Waals surface area contributed by atoms with Crippen LogP contribution in [0.1, 0.15) is 0 Å². The molecule has 14 heavy (non-hydrogen) atoms. The van der Waals surface area contributed by atoms with Gasteiger partial charge in [0.15, 0.2) is 6.61 Å². The van der Waals surface area contributed by atoms with Crippen LogP contribution in [0.4, 0.5) is 17.6 Å². The highest BCUT2D eigenvalue weighted by Gasteiger charge is 2.41. The van der Waals surface area contributed by atoms with Crippen LogP contribution in [0.25, 0.3) is 0 Å². The second-order valence-electron chi connectivity index (χ2n) is 2.59. The summed E-state index contributed by atoms with van der Waals surface area (Å²) in [5.41, 5.74) is 0. The molecular formula is C9H7F4O. The SMILES string of the molecule is FC(F)C(F)(F)COc1cc[c]cc1. The summed E-state index contributed by atoms with van der Waals surface area (Å²) in [4.78, 5) is 0. The van der Waals surface area contributed by atoms with E-state index in [1.165, 1.54) is 24.3 Å². The minimum absolute atomic E-state index is 0.115. The Labute approximate surface area is 78.3 Å². The maximum atomic E-state index is 12.3. The first kappa shape index (κ1) is 10.8. The molecule has 0 unspecified atom stereocenters. The molecule has 0 aliphatic rings. The van der Waals surface area contributed by atoms with Crippen LogP contribution in [0.15, 0.2) is 24.3 Å². The lowest BCUT2D eigenvalue weighted by atomic mass is 10.3. The predicted octanol–water partition coefficient (Wildman–Crippen LogP) is 2.77. The van der Waals surface area contributed by atoms with Crippen molar-refractivity contribution in [3.05, 3.63) is 30.3 Å². The summed E-state index contributed by atoms with van der Waals surface area (Å²) in [7, 11) is 0. The Morgan fingerprint density at radius 3 is 2.36 bits per heavy atom. The number of benzene rings is 1. The van der Waals surface area contributed by atoms with Crippen molar-refractivity contribution < 1.29 is 22.3 Å². The topological polar surface area (TPSA) is 9.23 Å². The van der Waals surface area contributed by atoms with Crippen LogP contribution in [-0.4, -0.2) is 19.0 Å². The van der Waals surface area contributed by atoms with Gasteiger partial charge in [0, 0.05) is 0 Å². The molecule has 0 amide bonds. The first-order valence-electron chi connectivity index (χ1n) is 3.77. The fraction of sp³-hybridized carbons (Fsp3) is 0.333. The van der Waals surface area contributed by atoms with Gasteiger partial charge in [0.05, 0.1) is 0 Å². The van der Waals surface area contributed by atoms with E-state index in [4.69, 9.17) is 0 Å². The van der Waals surface area contributed by atoms with Gasteiger partial charge < -0.3 is 4.74 Å². The van der Waals surface area contributed by atoms with E-state index in [-0.39, 0.29) is 5.75 Å². The summed E-state index contributed by atoms with van der Waals surface area (Å²) < 4.78 is 52.5. The van der Waals surface area contributed by atoms with E-state index in [0.717, 1.165) is 0 Å². The van der Waals surface area contributed by atoms with Crippen molar-refractivity contribution in [2.24, 2.45) is 0 Å². The molecular weight excluding hydrogens is 200 g/mol. The normalized spacial score (nSPS) is 11.8. The van der Waals surface area contributed by atoms with E-state index in [9.17, 15) is 17.6 Å². The molecule has 0 aromatic heterocycles. The molecule has 1 aromatic carbocycles. The van der Waals surface area contributed by atoms with Crippen LogP contribution < -0.4 is 4.74 Å². The zero-order valence-electron chi connectivity index (χ0n) is 7.01. The van der Waals surface area contributed by atoms with E-state index in [0.29, 0.717) is 0 Å². The lowest BCUT2D eigenvalue weighted by Gasteiger charge is -2.15. The molecule has 1 radical (unpaired) electrons. The fourth-order valence-electron chi connectivity index (χ4n) is 0.710. The predicted molar refractivity (Wildman–Crippen MR) is 41.7 cm³/mol. The third-order valence-electron chi connectivity index (χ3n) is 1.44. The van der Waals surface area contributed by atoms with Crippen LogP contribution in [0.3, 0.4) is 0 Å². The smallest absolute Gasteiger partial charge is 0.340 e. The molecule has 5 heteroatoms. The number of rotatable bonds is 4. The molecule has 0 fully saturated rings. The summed E-state index contributed by atoms with van der Waals surface area (Å²) in [5, 5.41) is 0. The van der Waals surface area contributed by atoms with Crippen LogP contribution in [0.5, 0.6) is 5.75 Å². The summed E-state index contributed by atoms with van der Waals surface area (Å²) in [5.74, 6) is -4.00. The third kappa shape index (κ3) is 2.90. The number of hydrogen-bond acceptors (Lipinski definition) is 1. The first-order valence-corrected chi connectivity index (χ1v) is 3.77. The number of halogens is 4. The molecule has 0 atom stereocenters. The molecule has 1 rings (SSSR count). The van der Waals surface area contributed by atoms with Gasteiger partial charge in [-0.15, -0.1) is 0 Å². The van der Waals surface area contributed by atoms with E-state index in [1.54, 1.807) is 0 Å². The Kier molecular flexibility index (Phi) is 3.33. The molecule has 1 aromatic rings. The minimum atomic E-state index is -4.11. The molecule has 0 saturated heterocycles. The maximum Gasteiger partial charge on any atom is 0.340 e. The third-order valence-corrected chi connectivity index (χ3v) is 1.44. The van der Waals surface area contributed by atoms with Crippen molar-refractivity contribution in [2.75, 3.05) is 6.61 Å². The van der Waals surface area contributed by atoms with E-state index in [2.05, 4.69) is 10.8 Å². The number of alkyl halides is 4. The van der Waals surface area contributed by atoms with Gasteiger partial charge in [-0.3, -0.25) is 0 Å². The van der Waals surface area contributed by atoms with Gasteiger partial charge in [-0.25, -0.2) is 8.78 Å². The lowest BCUT2D eigenvalue weighted by molar-refractivity contribution is -0.148. The molecule has 0 aliphatic carbocycles. The summed E-state index contributed by atoms with van der Waals surface area (Å²) in [6.45, 7) is -1.32. The van der Waals surface area contributed by atoms with Crippen molar-refractivity contribution in [3.8, 4) is 5.75 Å². The molecule has 0 saturated carbocycles. The number of ether oxygens (including phenoxy) is 1. The van der Waals surface area contributed by atoms with Crippen LogP contribution in [0, 0.1) is 6.07 Å². The minimum Gasteiger partial charge on any atom is -0.487 e. The molecule has 0 spiro atoms. The molecule has 0 N–H and O–H groups in total. The zero-order valence-corrected chi connectivity index (χ0v) is 7.01. The van der Waals surface area contributed by atoms with Crippen molar-refractivity contribution in [1.29, 1.82) is 0 Å². The van der Waals surface area contributed by atoms with Crippen molar-refractivity contribution in [2.45, 2.75) is 12.3 Å². The summed E-state index contributed by atoms with van der Waals surface area (Å²) in [6.07, 6.45) is -3.71. The Morgan fingerprint density at radius 2 is 1.86 bits per heavy atom. The Balaban J connectivity index is 2.49. The monoisotopic (exact) mass is 207 g/mol. The highest BCUT2D eigenvalue weighted by Crippen LogP contribution is 2.23. The van der Waals surface area contributed by atoms with Gasteiger partial charge >= 0.3 is 12.3 Å².